The first-order valence-corrected chi connectivity index (χ1v) is 9.16. The van der Waals surface area contributed by atoms with Gasteiger partial charge in [-0.3, -0.25) is 9.79 Å². The van der Waals surface area contributed by atoms with Crippen LogP contribution in [-0.2, 0) is 9.53 Å². The maximum Gasteiger partial charge on any atom is 0.240 e. The van der Waals surface area contributed by atoms with E-state index in [0.717, 1.165) is 0 Å². The molecule has 6 nitrogen and oxygen atoms in total. The molecule has 0 saturated heterocycles. The quantitative estimate of drug-likeness (QED) is 0.336. The lowest BCUT2D eigenvalue weighted by atomic mass is 10.1. The van der Waals surface area contributed by atoms with Gasteiger partial charge in [0.1, 0.15) is 0 Å². The minimum Gasteiger partial charge on any atom is -0.376 e. The Morgan fingerprint density at radius 2 is 1.83 bits per heavy atom. The molecule has 0 unspecified atom stereocenters. The van der Waals surface area contributed by atoms with Gasteiger partial charge < -0.3 is 20.3 Å². The third-order valence-electron chi connectivity index (χ3n) is 4.01. The number of likely N-dealkylation sites (N-methyl/N-ethyl adjacent to an activating group) is 1. The summed E-state index contributed by atoms with van der Waals surface area (Å²) in [5.74, 6) is 0.700. The number of carbonyl (C=O) groups excluding carboxylic acids is 1. The molecule has 0 spiro atoms. The molecule has 2 N–H and O–H groups in total. The van der Waals surface area contributed by atoms with Crippen LogP contribution in [0.25, 0.3) is 0 Å². The van der Waals surface area contributed by atoms with Gasteiger partial charge in [0.05, 0.1) is 19.3 Å². The lowest BCUT2D eigenvalue weighted by Gasteiger charge is -2.25. The Morgan fingerprint density at radius 1 is 1.21 bits per heavy atom. The number of hydrogen-bond acceptors (Lipinski definition) is 3. The first kappa shape index (κ1) is 20.7. The van der Waals surface area contributed by atoms with Crippen molar-refractivity contribution in [1.82, 2.24) is 15.5 Å². The Kier molecular flexibility index (Phi) is 9.11. The van der Waals surface area contributed by atoms with E-state index in [-0.39, 0.29) is 18.0 Å². The first-order chi connectivity index (χ1) is 11.3. The number of guanidine groups is 1. The normalized spacial score (nSPS) is 17.3. The molecule has 24 heavy (non-hydrogen) atoms. The standard InChI is InChI=1S/C18H36N4O2/c1-18(2,3)21-16(23)14-22(5)17(19-4)20-12-13-24-15-10-8-6-7-9-11-15/h15H,6-14H2,1-5H3,(H,19,20)(H,21,23). The summed E-state index contributed by atoms with van der Waals surface area (Å²) in [6.45, 7) is 7.58. The van der Waals surface area contributed by atoms with E-state index in [0.29, 0.717) is 25.2 Å². The molecule has 1 aliphatic carbocycles. The van der Waals surface area contributed by atoms with Crippen molar-refractivity contribution >= 4 is 11.9 Å². The molecular weight excluding hydrogens is 304 g/mol. The van der Waals surface area contributed by atoms with Crippen LogP contribution in [0.3, 0.4) is 0 Å². The van der Waals surface area contributed by atoms with Gasteiger partial charge in [-0.2, -0.15) is 0 Å². The van der Waals surface area contributed by atoms with Gasteiger partial charge in [-0.1, -0.05) is 25.7 Å². The third-order valence-corrected chi connectivity index (χ3v) is 4.01. The average Bonchev–Trinajstić information content (AvgIpc) is 2.73. The first-order valence-electron chi connectivity index (χ1n) is 9.16. The van der Waals surface area contributed by atoms with Gasteiger partial charge in [0.15, 0.2) is 5.96 Å². The Balaban J connectivity index is 2.27. The fraction of sp³-hybridized carbons (Fsp3) is 0.889. The smallest absolute Gasteiger partial charge is 0.240 e. The molecule has 1 aliphatic rings. The van der Waals surface area contributed by atoms with Crippen molar-refractivity contribution in [3.63, 3.8) is 0 Å². The molecule has 0 aromatic carbocycles. The van der Waals surface area contributed by atoms with Gasteiger partial charge in [0.25, 0.3) is 0 Å². The Morgan fingerprint density at radius 3 is 2.38 bits per heavy atom. The maximum absolute atomic E-state index is 12.0. The maximum atomic E-state index is 12.0. The van der Waals surface area contributed by atoms with Crippen LogP contribution in [0.5, 0.6) is 0 Å². The predicted molar refractivity (Wildman–Crippen MR) is 99.3 cm³/mol. The molecular formula is C18H36N4O2. The zero-order valence-corrected chi connectivity index (χ0v) is 16.2. The molecule has 1 rings (SSSR count). The highest BCUT2D eigenvalue weighted by Crippen LogP contribution is 2.19. The van der Waals surface area contributed by atoms with Crippen molar-refractivity contribution in [3.05, 3.63) is 0 Å². The van der Waals surface area contributed by atoms with Gasteiger partial charge >= 0.3 is 0 Å². The van der Waals surface area contributed by atoms with Crippen molar-refractivity contribution < 1.29 is 9.53 Å². The van der Waals surface area contributed by atoms with Crippen LogP contribution in [0.15, 0.2) is 4.99 Å². The molecule has 0 atom stereocenters. The summed E-state index contributed by atoms with van der Waals surface area (Å²) < 4.78 is 5.97. The second-order valence-corrected chi connectivity index (χ2v) is 7.61. The summed E-state index contributed by atoms with van der Waals surface area (Å²) in [5, 5.41) is 6.22. The molecule has 140 valence electrons. The van der Waals surface area contributed by atoms with Crippen LogP contribution in [-0.4, -0.2) is 62.2 Å². The summed E-state index contributed by atoms with van der Waals surface area (Å²) in [4.78, 5) is 18.1. The summed E-state index contributed by atoms with van der Waals surface area (Å²) >= 11 is 0. The lowest BCUT2D eigenvalue weighted by molar-refractivity contribution is -0.122. The number of carbonyl (C=O) groups is 1. The number of nitrogens with zero attached hydrogens (tertiary/aromatic N) is 2. The van der Waals surface area contributed by atoms with Crippen LogP contribution in [0.2, 0.25) is 0 Å². The van der Waals surface area contributed by atoms with E-state index in [1.165, 1.54) is 38.5 Å². The zero-order chi connectivity index (χ0) is 18.0. The van der Waals surface area contributed by atoms with E-state index < -0.39 is 0 Å². The highest BCUT2D eigenvalue weighted by atomic mass is 16.5. The third kappa shape index (κ3) is 9.11. The van der Waals surface area contributed by atoms with E-state index in [4.69, 9.17) is 4.74 Å². The molecule has 6 heteroatoms. The van der Waals surface area contributed by atoms with Crippen LogP contribution in [0.1, 0.15) is 59.3 Å². The van der Waals surface area contributed by atoms with Crippen LogP contribution in [0.4, 0.5) is 0 Å². The number of rotatable bonds is 6. The largest absolute Gasteiger partial charge is 0.376 e. The fourth-order valence-electron chi connectivity index (χ4n) is 2.93. The summed E-state index contributed by atoms with van der Waals surface area (Å²) in [7, 11) is 3.59. The molecule has 0 aromatic heterocycles. The van der Waals surface area contributed by atoms with E-state index in [2.05, 4.69) is 15.6 Å². The van der Waals surface area contributed by atoms with Gasteiger partial charge in [-0.15, -0.1) is 0 Å². The number of ether oxygens (including phenoxy) is 1. The summed E-state index contributed by atoms with van der Waals surface area (Å²) in [6.07, 6.45) is 8.02. The molecule has 1 amide bonds. The van der Waals surface area contributed by atoms with Crippen LogP contribution in [0, 0.1) is 0 Å². The zero-order valence-electron chi connectivity index (χ0n) is 16.2. The van der Waals surface area contributed by atoms with E-state index in [9.17, 15) is 4.79 Å². The van der Waals surface area contributed by atoms with Crippen LogP contribution >= 0.6 is 0 Å². The number of nitrogens with one attached hydrogen (secondary N) is 2. The number of aliphatic imine (C=N–C) groups is 1. The van der Waals surface area contributed by atoms with E-state index in [1.54, 1.807) is 7.05 Å². The second kappa shape index (κ2) is 10.5. The molecule has 1 saturated carbocycles. The highest BCUT2D eigenvalue weighted by Gasteiger charge is 2.17. The fourth-order valence-corrected chi connectivity index (χ4v) is 2.93. The van der Waals surface area contributed by atoms with Gasteiger partial charge in [0, 0.05) is 26.2 Å². The highest BCUT2D eigenvalue weighted by molar-refractivity contribution is 5.86. The van der Waals surface area contributed by atoms with Gasteiger partial charge in [-0.05, 0) is 33.6 Å². The lowest BCUT2D eigenvalue weighted by Crippen LogP contribution is -2.49. The molecule has 1 fully saturated rings. The minimum atomic E-state index is -0.221. The van der Waals surface area contributed by atoms with Gasteiger partial charge in [-0.25, -0.2) is 0 Å². The number of hydrogen-bond donors (Lipinski definition) is 2. The van der Waals surface area contributed by atoms with E-state index in [1.807, 2.05) is 32.7 Å². The molecule has 0 radical (unpaired) electrons. The Hall–Kier alpha value is -1.30. The Bertz CT molecular complexity index is 396. The minimum absolute atomic E-state index is 0.0114. The molecule has 0 heterocycles. The van der Waals surface area contributed by atoms with Crippen molar-refractivity contribution in [2.45, 2.75) is 70.9 Å². The second-order valence-electron chi connectivity index (χ2n) is 7.61. The molecule has 0 bridgehead atoms. The van der Waals surface area contributed by atoms with Crippen molar-refractivity contribution in [2.24, 2.45) is 4.99 Å². The SMILES string of the molecule is CN=C(NCCOC1CCCCCC1)N(C)CC(=O)NC(C)(C)C. The predicted octanol–water partition coefficient (Wildman–Crippen LogP) is 2.15. The summed E-state index contributed by atoms with van der Waals surface area (Å²) in [6, 6.07) is 0. The topological polar surface area (TPSA) is 66.0 Å². The van der Waals surface area contributed by atoms with Crippen LogP contribution < -0.4 is 10.6 Å². The van der Waals surface area contributed by atoms with E-state index >= 15 is 0 Å². The number of amides is 1. The molecule has 0 aromatic rings. The summed E-state index contributed by atoms with van der Waals surface area (Å²) in [5.41, 5.74) is -0.221. The van der Waals surface area contributed by atoms with Gasteiger partial charge in [0.2, 0.25) is 5.91 Å². The van der Waals surface area contributed by atoms with Crippen molar-refractivity contribution in [2.75, 3.05) is 33.8 Å². The average molecular weight is 341 g/mol. The monoisotopic (exact) mass is 340 g/mol. The molecule has 0 aliphatic heterocycles. The van der Waals surface area contributed by atoms with Crippen molar-refractivity contribution in [1.29, 1.82) is 0 Å². The Labute approximate surface area is 147 Å². The van der Waals surface area contributed by atoms with Crippen molar-refractivity contribution in [3.8, 4) is 0 Å².